The summed E-state index contributed by atoms with van der Waals surface area (Å²) >= 11 is 0. The van der Waals surface area contributed by atoms with Gasteiger partial charge in [-0.25, -0.2) is 9.36 Å². The first-order valence-electron chi connectivity index (χ1n) is 39.0. The molecule has 8 aliphatic rings. The molecule has 8 aliphatic carbocycles. The van der Waals surface area contributed by atoms with E-state index < -0.39 is 5.97 Å². The van der Waals surface area contributed by atoms with Gasteiger partial charge in [-0.05, 0) is 253 Å². The molecule has 2 amide bonds. The second kappa shape index (κ2) is 32.8. The first-order chi connectivity index (χ1) is 47.5. The maximum Gasteiger partial charge on any atom is 0.328 e. The minimum absolute atomic E-state index is 0. The standard InChI is InChI=1S/C74H105N9O7.C4H9NO.C2H7N.ClH/c1-8-9-35-76-67(84)24-10-45(2)57-20-22-59-55-18-14-49-39-51(26-30-71(49,4)61(55)28-32-73(57,59)6)89-69(87)43-81-41-63(77-79-81)47-12-16-53-54-17-13-48(38-66(54)83(36-34-75)65(53)37-47)64-42-82(80-78-64)44-70(88)90-52-27-31-72(5)50(40-52)15-19-56-60-23-21-58(46(3)11-25-68(85)86)74(60,7)33-29-62(56)72;1-3-5-4(2)6;1-2-3;/h12-13,16-17,37-38,41-42,45-46,49-52,55-62H,8-11,14-15,18-36,39-40,43-44,75H2,1-7H3,(H,76,84)(H,85,86);3H2,1-2H3,(H,5,6);2-3H2,1H3;1H/t45-,46-,49?,50-,51?,52-,55?,56?,57?,58?,59?,60?,61?,62?,71?,72?,73?,74?;;;/m1.../s1. The van der Waals surface area contributed by atoms with E-state index in [1.807, 2.05) is 26.2 Å². The number of aliphatic carboxylic acids is 1. The quantitative estimate of drug-likeness (QED) is 0.0319. The molecule has 0 aliphatic heterocycles. The SMILES string of the molecule is CCCCNC(=O)CC[C@@H](C)C1CCC2C3CCC4CC(OC(=O)Cn5cc(-c6ccc7c8ccc(-c9cn(CC(=O)O[C@@H]%10CCC%11(C)C%12CCC%13(C)C(CCC%13[C@H](C)CCC(=O)O)C%12CC[C@@H]%11C%10)nn9)cc8n(CC[NH3+])c7c6)nn5)CCC4(C)C3CCC21C.CCN.CCNC(C)=O.[Cl-]. The lowest BCUT2D eigenvalue weighted by Crippen LogP contribution is -3.00. The van der Waals surface area contributed by atoms with Gasteiger partial charge in [-0.1, -0.05) is 96.5 Å². The summed E-state index contributed by atoms with van der Waals surface area (Å²) in [5, 5.41) is 35.3. The van der Waals surface area contributed by atoms with E-state index in [2.05, 4.69) is 126 Å². The molecule has 19 nitrogen and oxygen atoms in total. The summed E-state index contributed by atoms with van der Waals surface area (Å²) in [4.78, 5) is 61.3. The predicted octanol–water partition coefficient (Wildman–Crippen LogP) is 10.6. The van der Waals surface area contributed by atoms with Gasteiger partial charge in [0.2, 0.25) is 11.8 Å². The Kier molecular flexibility index (Phi) is 25.2. The highest BCUT2D eigenvalue weighted by Crippen LogP contribution is 2.70. The fourth-order valence-corrected chi connectivity index (χ4v) is 23.0. The van der Waals surface area contributed by atoms with Gasteiger partial charge >= 0.3 is 17.9 Å². The molecule has 0 spiro atoms. The van der Waals surface area contributed by atoms with Crippen LogP contribution in [0.2, 0.25) is 0 Å². The van der Waals surface area contributed by atoms with Crippen LogP contribution in [0.3, 0.4) is 0 Å². The Morgan fingerprint density at radius 2 is 1.08 bits per heavy atom. The van der Waals surface area contributed by atoms with E-state index in [-0.39, 0.29) is 78.7 Å². The number of halogens is 1. The molecule has 552 valence electrons. The van der Waals surface area contributed by atoms with Gasteiger partial charge in [0.1, 0.15) is 36.7 Å². The monoisotopic (exact) mass is 1400 g/mol. The van der Waals surface area contributed by atoms with E-state index in [1.165, 1.54) is 84.0 Å². The van der Waals surface area contributed by atoms with Gasteiger partial charge in [0.15, 0.2) is 0 Å². The van der Waals surface area contributed by atoms with Gasteiger partial charge in [0.05, 0.1) is 25.5 Å². The summed E-state index contributed by atoms with van der Waals surface area (Å²) in [6, 6.07) is 12.8. The summed E-state index contributed by atoms with van der Waals surface area (Å²) in [6.45, 7) is 26.2. The van der Waals surface area contributed by atoms with Crippen LogP contribution in [0.4, 0.5) is 0 Å². The molecular weight excluding hydrogens is 1280 g/mol. The number of fused-ring (bicyclic) bond motifs is 13. The average molecular weight is 1400 g/mol. The predicted molar refractivity (Wildman–Crippen MR) is 387 cm³/mol. The highest BCUT2D eigenvalue weighted by atomic mass is 35.5. The van der Waals surface area contributed by atoms with Crippen LogP contribution in [0.15, 0.2) is 48.8 Å². The number of hydrogen-bond acceptors (Lipinski definition) is 12. The van der Waals surface area contributed by atoms with Gasteiger partial charge in [0.25, 0.3) is 0 Å². The lowest BCUT2D eigenvalue weighted by Gasteiger charge is -2.61. The highest BCUT2D eigenvalue weighted by Gasteiger charge is 2.63. The molecule has 13 rings (SSSR count). The summed E-state index contributed by atoms with van der Waals surface area (Å²) < 4.78 is 18.1. The van der Waals surface area contributed by atoms with Crippen LogP contribution >= 0.6 is 0 Å². The van der Waals surface area contributed by atoms with Crippen molar-refractivity contribution in [1.29, 1.82) is 0 Å². The van der Waals surface area contributed by atoms with E-state index in [0.717, 1.165) is 146 Å². The van der Waals surface area contributed by atoms with E-state index in [1.54, 1.807) is 9.36 Å². The maximum atomic E-state index is 13.7. The number of nitrogens with zero attached hydrogens (tertiary/aromatic N) is 7. The molecule has 18 atom stereocenters. The fraction of sp³-hybridized carbons (Fsp3) is 0.738. The molecule has 14 unspecified atom stereocenters. The average Bonchev–Trinajstić information content (AvgIpc) is 1.40. The molecule has 0 bridgehead atoms. The van der Waals surface area contributed by atoms with E-state index >= 15 is 0 Å². The Balaban J connectivity index is 0.00000102. The Hall–Kier alpha value is -5.92. The van der Waals surface area contributed by atoms with Crippen LogP contribution in [-0.4, -0.2) is 108 Å². The Morgan fingerprint density at radius 3 is 1.50 bits per heavy atom. The van der Waals surface area contributed by atoms with Gasteiger partial charge in [-0.2, -0.15) is 0 Å². The number of benzene rings is 2. The van der Waals surface area contributed by atoms with Crippen LogP contribution in [0, 0.1) is 92.7 Å². The molecular formula is C80H122ClN11O8. The van der Waals surface area contributed by atoms with E-state index in [9.17, 15) is 29.1 Å². The molecule has 8 N–H and O–H groups in total. The summed E-state index contributed by atoms with van der Waals surface area (Å²) in [7, 11) is 0. The molecule has 0 radical (unpaired) electrons. The van der Waals surface area contributed by atoms with Gasteiger partial charge < -0.3 is 53.7 Å². The Labute approximate surface area is 601 Å². The largest absolute Gasteiger partial charge is 1.00 e. The number of nitrogens with two attached hydrogens (primary N) is 1. The van der Waals surface area contributed by atoms with Crippen molar-refractivity contribution in [2.75, 3.05) is 26.2 Å². The first-order valence-corrected chi connectivity index (χ1v) is 39.0. The molecule has 5 aromatic rings. The van der Waals surface area contributed by atoms with Crippen LogP contribution in [0.5, 0.6) is 0 Å². The van der Waals surface area contributed by atoms with E-state index in [0.29, 0.717) is 83.2 Å². The number of carboxylic acid groups (broad SMARTS) is 1. The first kappa shape index (κ1) is 76.7. The van der Waals surface area contributed by atoms with Crippen molar-refractivity contribution >= 4 is 51.5 Å². The van der Waals surface area contributed by atoms with Crippen LogP contribution in [0.25, 0.3) is 44.3 Å². The van der Waals surface area contributed by atoms with Crippen LogP contribution < -0.4 is 34.5 Å². The number of carboxylic acids is 1. The molecule has 8 fully saturated rings. The van der Waals surface area contributed by atoms with Crippen LogP contribution in [-0.2, 0) is 53.1 Å². The number of unbranched alkanes of at least 4 members (excludes halogenated alkanes) is 1. The number of nitrogens with one attached hydrogen (secondary N) is 2. The Bertz CT molecular complexity index is 3630. The molecule has 8 saturated carbocycles. The van der Waals surface area contributed by atoms with Crippen LogP contribution in [0.1, 0.15) is 223 Å². The van der Waals surface area contributed by atoms with Gasteiger partial charge in [-0.3, -0.25) is 24.0 Å². The van der Waals surface area contributed by atoms with Crippen molar-refractivity contribution in [3.8, 4) is 22.5 Å². The number of amides is 2. The molecule has 3 aromatic heterocycles. The summed E-state index contributed by atoms with van der Waals surface area (Å²) in [6.07, 6.45) is 29.5. The minimum Gasteiger partial charge on any atom is -1.00 e. The zero-order valence-corrected chi connectivity index (χ0v) is 63.0. The highest BCUT2D eigenvalue weighted by molar-refractivity contribution is 6.10. The number of hydrogen-bond donors (Lipinski definition) is 5. The topological polar surface area (TPSA) is 268 Å². The third kappa shape index (κ3) is 15.9. The smallest absolute Gasteiger partial charge is 0.328 e. The lowest BCUT2D eigenvalue weighted by atomic mass is 9.44. The molecule has 2 aromatic carbocycles. The lowest BCUT2D eigenvalue weighted by molar-refractivity contribution is -0.369. The second-order valence-corrected chi connectivity index (χ2v) is 33.2. The van der Waals surface area contributed by atoms with E-state index in [4.69, 9.17) is 15.2 Å². The zero-order valence-electron chi connectivity index (χ0n) is 62.2. The second-order valence-electron chi connectivity index (χ2n) is 33.2. The zero-order chi connectivity index (χ0) is 70.6. The van der Waals surface area contributed by atoms with Crippen molar-refractivity contribution in [2.45, 2.75) is 255 Å². The molecule has 0 saturated heterocycles. The number of quaternary nitrogens is 1. The number of esters is 2. The number of carbonyl (C=O) groups excluding carboxylic acids is 4. The molecule has 20 heteroatoms. The molecule has 3 heterocycles. The van der Waals surface area contributed by atoms with Gasteiger partial charge in [-0.15, -0.1) is 10.2 Å². The molecule has 100 heavy (non-hydrogen) atoms. The van der Waals surface area contributed by atoms with Gasteiger partial charge in [0, 0.05) is 65.8 Å². The summed E-state index contributed by atoms with van der Waals surface area (Å²) in [5.74, 6) is 6.97. The summed E-state index contributed by atoms with van der Waals surface area (Å²) in [5.41, 5.74) is 15.6. The van der Waals surface area contributed by atoms with Crippen molar-refractivity contribution in [2.24, 2.45) is 98.4 Å². The fourth-order valence-electron chi connectivity index (χ4n) is 23.0. The maximum absolute atomic E-state index is 13.7. The van der Waals surface area contributed by atoms with Crippen molar-refractivity contribution in [1.82, 2.24) is 45.2 Å². The normalized spacial score (nSPS) is 32.2. The Morgan fingerprint density at radius 1 is 0.630 bits per heavy atom. The number of ether oxygens (including phenoxy) is 2. The van der Waals surface area contributed by atoms with Crippen molar-refractivity contribution in [3.05, 3.63) is 48.8 Å². The third-order valence-electron chi connectivity index (χ3n) is 27.8. The van der Waals surface area contributed by atoms with Crippen molar-refractivity contribution < 1.29 is 56.7 Å². The third-order valence-corrected chi connectivity index (χ3v) is 27.8. The number of carbonyl (C=O) groups is 5. The van der Waals surface area contributed by atoms with Crippen molar-refractivity contribution in [3.63, 3.8) is 0 Å². The minimum atomic E-state index is -0.677. The number of rotatable bonds is 22. The number of aromatic nitrogens is 7.